The second kappa shape index (κ2) is 17.6. The first-order chi connectivity index (χ1) is 22.6. The Balaban J connectivity index is 0.000000260. The van der Waals surface area contributed by atoms with Crippen molar-refractivity contribution in [3.05, 3.63) is 60.2 Å². The van der Waals surface area contributed by atoms with E-state index in [1.54, 1.807) is 0 Å². The van der Waals surface area contributed by atoms with Crippen molar-refractivity contribution >= 4 is 0 Å². The van der Waals surface area contributed by atoms with Crippen molar-refractivity contribution in [1.29, 1.82) is 0 Å². The van der Waals surface area contributed by atoms with E-state index >= 15 is 0 Å². The Bertz CT molecular complexity index is 1330. The first kappa shape index (κ1) is 48.3. The van der Waals surface area contributed by atoms with E-state index in [2.05, 4.69) is 23.5 Å². The van der Waals surface area contributed by atoms with E-state index in [0.717, 1.165) is 86.9 Å². The predicted molar refractivity (Wildman–Crippen MR) is 197 cm³/mol. The maximum atomic E-state index is 10.5. The maximum Gasteiger partial charge on any atom is 1.00 e. The minimum Gasteiger partial charge on any atom is -0.870 e. The molecule has 0 spiro atoms. The molecule has 0 aromatic carbocycles. The summed E-state index contributed by atoms with van der Waals surface area (Å²) >= 11 is 0. The van der Waals surface area contributed by atoms with E-state index in [1.165, 1.54) is 75.4 Å². The third-order valence-corrected chi connectivity index (χ3v) is 17.4. The molecule has 0 unspecified atom stereocenters. The minimum absolute atomic E-state index is 0. The van der Waals surface area contributed by atoms with Gasteiger partial charge in [-0.25, -0.2) is 9.69 Å². The van der Waals surface area contributed by atoms with Crippen LogP contribution in [0.1, 0.15) is 143 Å². The molecular formula is C44H66N2O4Rb2-2. The standard InChI is InChI=1S/2C22H32NO.2H2O.2Rb/c2*1-20(24)11-12-22(3)15(13-20)5-7-17-18-8-6-16(14-23-4)21(18,2)10-9-19(17)22;;;;/h2*14-15,17-19,24H,3,5-13H2,1-2H3;2*1H2;;/q2*-1;;;2*+1/p-2/b2*16-14-;;;;/t15-,17+,18+,19+,20-,21-,22+;15-,17-,18-,19-,20+,21+,22-;;;;/m10..../s1. The molecule has 0 amide bonds. The van der Waals surface area contributed by atoms with E-state index in [0.29, 0.717) is 11.8 Å². The molecule has 4 N–H and O–H groups in total. The molecule has 0 aromatic rings. The fraction of sp³-hybridized carbons (Fsp3) is 0.818. The topological polar surface area (TPSA) is 109 Å². The molecule has 8 fully saturated rings. The van der Waals surface area contributed by atoms with E-state index in [9.17, 15) is 10.2 Å². The Kier molecular flexibility index (Phi) is 16.4. The average Bonchev–Trinajstić information content (AvgIpc) is 3.54. The number of nitrogens with zero attached hydrogens (tertiary/aromatic N) is 2. The van der Waals surface area contributed by atoms with E-state index < -0.39 is 11.2 Å². The van der Waals surface area contributed by atoms with Gasteiger partial charge in [0, 0.05) is 0 Å². The molecule has 280 valence electrons. The van der Waals surface area contributed by atoms with Crippen LogP contribution in [0.25, 0.3) is 9.69 Å². The first-order valence-corrected chi connectivity index (χ1v) is 19.9. The van der Waals surface area contributed by atoms with Crippen LogP contribution < -0.4 is 116 Å². The molecule has 0 saturated heterocycles. The van der Waals surface area contributed by atoms with Gasteiger partial charge < -0.3 is 35.0 Å². The summed E-state index contributed by atoms with van der Waals surface area (Å²) in [4.78, 5) is 7.20. The first-order valence-electron chi connectivity index (χ1n) is 19.9. The quantitative estimate of drug-likeness (QED) is 0.352. The summed E-state index contributed by atoms with van der Waals surface area (Å²) in [6, 6.07) is 0. The van der Waals surface area contributed by atoms with Gasteiger partial charge in [-0.15, -0.1) is 0 Å². The molecular weight excluding hydrogens is 791 g/mol. The van der Waals surface area contributed by atoms with E-state index in [4.69, 9.17) is 27.0 Å². The Morgan fingerprint density at radius 1 is 0.558 bits per heavy atom. The smallest absolute Gasteiger partial charge is 0.870 e. The van der Waals surface area contributed by atoms with Crippen molar-refractivity contribution in [3.8, 4) is 0 Å². The molecule has 0 bridgehead atoms. The second-order valence-corrected chi connectivity index (χ2v) is 19.7. The van der Waals surface area contributed by atoms with Crippen molar-refractivity contribution in [2.75, 3.05) is 0 Å². The molecule has 0 aromatic heterocycles. The largest absolute Gasteiger partial charge is 1.00 e. The van der Waals surface area contributed by atoms with Gasteiger partial charge in [-0.3, -0.25) is 0 Å². The average molecular weight is 858 g/mol. The van der Waals surface area contributed by atoms with Crippen molar-refractivity contribution in [2.24, 2.45) is 69.0 Å². The van der Waals surface area contributed by atoms with Gasteiger partial charge in [-0.05, 0) is 125 Å². The fourth-order valence-electron chi connectivity index (χ4n) is 14.7. The molecule has 8 saturated carbocycles. The van der Waals surface area contributed by atoms with Crippen LogP contribution in [0.5, 0.6) is 0 Å². The Morgan fingerprint density at radius 3 is 1.27 bits per heavy atom. The van der Waals surface area contributed by atoms with Crippen LogP contribution in [0.3, 0.4) is 0 Å². The predicted octanol–water partition coefficient (Wildman–Crippen LogP) is 4.45. The van der Waals surface area contributed by atoms with Crippen molar-refractivity contribution in [2.45, 2.75) is 154 Å². The molecule has 0 aliphatic heterocycles. The summed E-state index contributed by atoms with van der Waals surface area (Å²) in [6.07, 6.45) is 24.6. The second-order valence-electron chi connectivity index (χ2n) is 19.7. The molecule has 8 aliphatic carbocycles. The zero-order valence-corrected chi connectivity index (χ0v) is 43.4. The molecule has 8 aliphatic rings. The summed E-state index contributed by atoms with van der Waals surface area (Å²) in [5.74, 6) is 5.76. The number of hydrogen-bond donors (Lipinski definition) is 2. The summed E-state index contributed by atoms with van der Waals surface area (Å²) in [6.45, 7) is 33.0. The summed E-state index contributed by atoms with van der Waals surface area (Å²) < 4.78 is 0. The number of allylic oxidation sites excluding steroid dienone is 2. The minimum atomic E-state index is -0.471. The zero-order valence-electron chi connectivity index (χ0n) is 33.6. The third kappa shape index (κ3) is 8.22. The SMILES string of the molecule is [C-]#[N+]/C=C1/CC[C@H]2[C@@H]3CC[C@@H]4C[C@](C)(O)CC[C@]4([CH2-])[C@H]3CC[C@]12C.[C-]#[N+]/C=C1/CC[C@H]2[C@@H]3CC[C@H]4C[C@](C)(O)CC[C@]4([CH2-])[C@H]3CC[C@]12C.[OH-].[OH-].[Rb+].[Rb+]. The van der Waals surface area contributed by atoms with Crippen LogP contribution in [0.4, 0.5) is 0 Å². The molecule has 0 radical (unpaired) electrons. The zero-order chi connectivity index (χ0) is 34.3. The maximum absolute atomic E-state index is 10.5. The van der Waals surface area contributed by atoms with Gasteiger partial charge in [0.2, 0.25) is 0 Å². The molecule has 6 nitrogen and oxygen atoms in total. The molecule has 0 heterocycles. The van der Waals surface area contributed by atoms with Gasteiger partial charge in [0.1, 0.15) is 0 Å². The summed E-state index contributed by atoms with van der Waals surface area (Å²) in [7, 11) is 0. The van der Waals surface area contributed by atoms with E-state index in [-0.39, 0.29) is 149 Å². The molecule has 8 heteroatoms. The van der Waals surface area contributed by atoms with Gasteiger partial charge in [0.25, 0.3) is 0 Å². The van der Waals surface area contributed by atoms with Crippen molar-refractivity contribution < 1.29 is 138 Å². The van der Waals surface area contributed by atoms with Gasteiger partial charge >= 0.3 is 116 Å². The normalized spacial score (nSPS) is 51.1. The van der Waals surface area contributed by atoms with Crippen LogP contribution in [-0.2, 0) is 0 Å². The number of aliphatic hydroxyl groups is 2. The van der Waals surface area contributed by atoms with Crippen LogP contribution in [0.2, 0.25) is 0 Å². The van der Waals surface area contributed by atoms with Crippen LogP contribution in [0, 0.1) is 96.0 Å². The molecule has 8 rings (SSSR count). The van der Waals surface area contributed by atoms with E-state index in [1.807, 2.05) is 26.2 Å². The molecule has 14 atom stereocenters. The number of rotatable bonds is 0. The number of hydrogen-bond acceptors (Lipinski definition) is 4. The number of fused-ring (bicyclic) bond motifs is 10. The molecule has 52 heavy (non-hydrogen) atoms. The van der Waals surface area contributed by atoms with Crippen LogP contribution >= 0.6 is 0 Å². The summed E-state index contributed by atoms with van der Waals surface area (Å²) in [5, 5.41) is 21.1. The Hall–Kier alpha value is 1.91. The van der Waals surface area contributed by atoms with Crippen molar-refractivity contribution in [1.82, 2.24) is 0 Å². The van der Waals surface area contributed by atoms with Crippen LogP contribution in [-0.4, -0.2) is 32.4 Å². The van der Waals surface area contributed by atoms with Gasteiger partial charge in [-0.1, -0.05) is 87.2 Å². The third-order valence-electron chi connectivity index (χ3n) is 17.4. The summed E-state index contributed by atoms with van der Waals surface area (Å²) in [5.41, 5.74) is 2.84. The van der Waals surface area contributed by atoms with Crippen LogP contribution in [0.15, 0.2) is 23.5 Å². The van der Waals surface area contributed by atoms with Gasteiger partial charge in [0.15, 0.2) is 12.4 Å². The Morgan fingerprint density at radius 2 is 0.923 bits per heavy atom. The van der Waals surface area contributed by atoms with Crippen molar-refractivity contribution in [3.63, 3.8) is 0 Å². The van der Waals surface area contributed by atoms with Gasteiger partial charge in [-0.2, -0.15) is 10.8 Å². The fourth-order valence-corrected chi connectivity index (χ4v) is 14.7. The Labute approximate surface area is 414 Å². The monoisotopic (exact) mass is 856 g/mol. The van der Waals surface area contributed by atoms with Gasteiger partial charge in [0.05, 0.1) is 24.3 Å².